The van der Waals surface area contributed by atoms with Gasteiger partial charge in [0, 0.05) is 20.3 Å². The van der Waals surface area contributed by atoms with Crippen molar-refractivity contribution in [1.82, 2.24) is 5.01 Å². The number of methoxy groups -OCH3 is 1. The van der Waals surface area contributed by atoms with Gasteiger partial charge in [-0.05, 0) is 37.0 Å². The third-order valence-corrected chi connectivity index (χ3v) is 3.68. The summed E-state index contributed by atoms with van der Waals surface area (Å²) in [6, 6.07) is 4.77. The molecule has 1 aromatic carbocycles. The fourth-order valence-electron chi connectivity index (χ4n) is 2.25. The average Bonchev–Trinajstić information content (AvgIpc) is 2.65. The first kappa shape index (κ1) is 22.8. The second-order valence-electron chi connectivity index (χ2n) is 5.72. The molecule has 10 heteroatoms. The molecule has 0 saturated carbocycles. The molecule has 0 aliphatic heterocycles. The van der Waals surface area contributed by atoms with E-state index in [1.165, 1.54) is 17.1 Å². The van der Waals surface area contributed by atoms with Gasteiger partial charge in [0.15, 0.2) is 0 Å². The maximum Gasteiger partial charge on any atom is 0.416 e. The normalized spacial score (nSPS) is 12.1. The summed E-state index contributed by atoms with van der Waals surface area (Å²) in [5, 5.41) is 8.07. The molecule has 0 atom stereocenters. The van der Waals surface area contributed by atoms with Crippen LogP contribution in [0.1, 0.15) is 30.4 Å². The molecule has 152 valence electrons. The minimum absolute atomic E-state index is 0.105. The van der Waals surface area contributed by atoms with Gasteiger partial charge < -0.3 is 15.3 Å². The monoisotopic (exact) mass is 390 g/mol. The highest BCUT2D eigenvalue weighted by atomic mass is 19.4. The summed E-state index contributed by atoms with van der Waals surface area (Å²) >= 11 is 0. The Bertz CT molecular complexity index is 580. The summed E-state index contributed by atoms with van der Waals surface area (Å²) in [7, 11) is 1.60. The first-order chi connectivity index (χ1) is 12.9. The zero-order valence-corrected chi connectivity index (χ0v) is 15.2. The third-order valence-electron chi connectivity index (χ3n) is 3.68. The maximum atomic E-state index is 12.7. The standard InChI is InChI=1S/C17H25F3N4O3/c1-26-12-3-2-4-16(22-27-13-11-24(23-25)10-9-21)14-5-7-15(8-6-14)17(18,19)20/h5-8H,2-4,9-13,21H2,1H3/b22-16+. The number of rotatable bonds is 13. The van der Waals surface area contributed by atoms with Crippen molar-refractivity contribution >= 4 is 5.71 Å². The van der Waals surface area contributed by atoms with E-state index < -0.39 is 11.7 Å². The quantitative estimate of drug-likeness (QED) is 0.242. The molecule has 0 saturated heterocycles. The first-order valence-corrected chi connectivity index (χ1v) is 8.56. The summed E-state index contributed by atoms with van der Waals surface area (Å²) < 4.78 is 43.1. The fraction of sp³-hybridized carbons (Fsp3) is 0.588. The van der Waals surface area contributed by atoms with Gasteiger partial charge in [0.05, 0.1) is 29.7 Å². The van der Waals surface area contributed by atoms with Crippen LogP contribution < -0.4 is 5.73 Å². The summed E-state index contributed by atoms with van der Waals surface area (Å²) in [4.78, 5) is 15.8. The molecule has 1 rings (SSSR count). The molecule has 0 heterocycles. The van der Waals surface area contributed by atoms with Crippen molar-refractivity contribution in [2.75, 3.05) is 40.0 Å². The van der Waals surface area contributed by atoms with Crippen LogP contribution in [-0.4, -0.2) is 50.7 Å². The van der Waals surface area contributed by atoms with Crippen LogP contribution in [0.5, 0.6) is 0 Å². The zero-order valence-electron chi connectivity index (χ0n) is 15.2. The number of unbranched alkanes of at least 4 members (excludes halogenated alkanes) is 1. The Labute approximate surface area is 156 Å². The number of halogens is 3. The summed E-state index contributed by atoms with van der Waals surface area (Å²) in [5.41, 5.74) is 5.72. The minimum Gasteiger partial charge on any atom is -0.394 e. The Morgan fingerprint density at radius 2 is 1.85 bits per heavy atom. The molecule has 0 radical (unpaired) electrons. The molecule has 1 aromatic rings. The third kappa shape index (κ3) is 8.83. The maximum absolute atomic E-state index is 12.7. The Balaban J connectivity index is 2.75. The molecular formula is C17H25F3N4O3. The molecule has 2 N–H and O–H groups in total. The summed E-state index contributed by atoms with van der Waals surface area (Å²) in [6.07, 6.45) is -2.34. The Hall–Kier alpha value is -2.20. The Morgan fingerprint density at radius 1 is 1.15 bits per heavy atom. The molecule has 0 bridgehead atoms. The zero-order chi connectivity index (χ0) is 20.1. The summed E-state index contributed by atoms with van der Waals surface area (Å²) in [6.45, 7) is 1.49. The Morgan fingerprint density at radius 3 is 2.41 bits per heavy atom. The van der Waals surface area contributed by atoms with E-state index in [9.17, 15) is 18.1 Å². The number of nitrogens with zero attached hydrogens (tertiary/aromatic N) is 3. The number of nitroso groups, excluding NO2 is 1. The second kappa shape index (κ2) is 12.2. The van der Waals surface area contributed by atoms with Gasteiger partial charge in [0.1, 0.15) is 6.61 Å². The second-order valence-corrected chi connectivity index (χ2v) is 5.72. The molecule has 0 aliphatic carbocycles. The molecule has 0 amide bonds. The number of ether oxygens (including phenoxy) is 1. The number of benzene rings is 1. The minimum atomic E-state index is -4.39. The fourth-order valence-corrected chi connectivity index (χ4v) is 2.25. The lowest BCUT2D eigenvalue weighted by molar-refractivity contribution is -0.137. The van der Waals surface area contributed by atoms with Gasteiger partial charge in [0.2, 0.25) is 0 Å². The highest BCUT2D eigenvalue weighted by Gasteiger charge is 2.30. The lowest BCUT2D eigenvalue weighted by atomic mass is 10.0. The van der Waals surface area contributed by atoms with Gasteiger partial charge in [-0.3, -0.25) is 5.01 Å². The number of hydrogen-bond acceptors (Lipinski definition) is 6. The Kier molecular flexibility index (Phi) is 10.3. The van der Waals surface area contributed by atoms with Crippen molar-refractivity contribution in [3.63, 3.8) is 0 Å². The first-order valence-electron chi connectivity index (χ1n) is 8.56. The molecular weight excluding hydrogens is 365 g/mol. The van der Waals surface area contributed by atoms with Crippen molar-refractivity contribution in [3.05, 3.63) is 40.3 Å². The van der Waals surface area contributed by atoms with E-state index in [0.717, 1.165) is 25.0 Å². The SMILES string of the molecule is COCCCC/C(=N\OCCN(CCN)N=O)c1ccc(C(F)(F)F)cc1. The van der Waals surface area contributed by atoms with E-state index in [-0.39, 0.29) is 19.7 Å². The van der Waals surface area contributed by atoms with Crippen LogP contribution in [0.2, 0.25) is 0 Å². The van der Waals surface area contributed by atoms with Gasteiger partial charge in [0.25, 0.3) is 0 Å². The van der Waals surface area contributed by atoms with Crippen molar-refractivity contribution in [2.45, 2.75) is 25.4 Å². The van der Waals surface area contributed by atoms with Crippen LogP contribution in [0.15, 0.2) is 34.7 Å². The largest absolute Gasteiger partial charge is 0.416 e. The van der Waals surface area contributed by atoms with E-state index in [2.05, 4.69) is 10.4 Å². The van der Waals surface area contributed by atoms with E-state index in [4.69, 9.17) is 15.3 Å². The van der Waals surface area contributed by atoms with Crippen LogP contribution in [-0.2, 0) is 15.8 Å². The van der Waals surface area contributed by atoms with Gasteiger partial charge in [-0.25, -0.2) is 0 Å². The summed E-state index contributed by atoms with van der Waals surface area (Å²) in [5.74, 6) is 0. The molecule has 7 nitrogen and oxygen atoms in total. The topological polar surface area (TPSA) is 89.5 Å². The molecule has 0 aliphatic rings. The highest BCUT2D eigenvalue weighted by molar-refractivity contribution is 6.00. The number of oxime groups is 1. The van der Waals surface area contributed by atoms with Crippen molar-refractivity contribution in [2.24, 2.45) is 16.2 Å². The smallest absolute Gasteiger partial charge is 0.394 e. The van der Waals surface area contributed by atoms with Crippen LogP contribution in [0.4, 0.5) is 13.2 Å². The molecule has 0 unspecified atom stereocenters. The molecule has 27 heavy (non-hydrogen) atoms. The average molecular weight is 390 g/mol. The van der Waals surface area contributed by atoms with E-state index >= 15 is 0 Å². The van der Waals surface area contributed by atoms with Crippen LogP contribution in [0.25, 0.3) is 0 Å². The molecule has 0 fully saturated rings. The van der Waals surface area contributed by atoms with E-state index in [1.807, 2.05) is 0 Å². The van der Waals surface area contributed by atoms with E-state index in [0.29, 0.717) is 30.8 Å². The number of nitrogens with two attached hydrogens (primary N) is 1. The van der Waals surface area contributed by atoms with Gasteiger partial charge in [-0.1, -0.05) is 17.3 Å². The van der Waals surface area contributed by atoms with Crippen LogP contribution in [0, 0.1) is 4.91 Å². The number of hydrogen-bond donors (Lipinski definition) is 1. The lowest BCUT2D eigenvalue weighted by Gasteiger charge is -2.13. The van der Waals surface area contributed by atoms with Crippen molar-refractivity contribution in [1.29, 1.82) is 0 Å². The predicted molar refractivity (Wildman–Crippen MR) is 96.1 cm³/mol. The highest BCUT2D eigenvalue weighted by Crippen LogP contribution is 2.29. The predicted octanol–water partition coefficient (Wildman–Crippen LogP) is 3.18. The van der Waals surface area contributed by atoms with Crippen LogP contribution in [0.3, 0.4) is 0 Å². The number of alkyl halides is 3. The molecule has 0 spiro atoms. The van der Waals surface area contributed by atoms with Crippen molar-refractivity contribution in [3.8, 4) is 0 Å². The molecule has 0 aromatic heterocycles. The van der Waals surface area contributed by atoms with Gasteiger partial charge >= 0.3 is 6.18 Å². The van der Waals surface area contributed by atoms with Crippen molar-refractivity contribution < 1.29 is 22.7 Å². The van der Waals surface area contributed by atoms with Gasteiger partial charge in [-0.15, -0.1) is 4.91 Å². The van der Waals surface area contributed by atoms with E-state index in [1.54, 1.807) is 7.11 Å². The van der Waals surface area contributed by atoms with Crippen LogP contribution >= 0.6 is 0 Å². The lowest BCUT2D eigenvalue weighted by Crippen LogP contribution is -2.27. The van der Waals surface area contributed by atoms with Gasteiger partial charge in [-0.2, -0.15) is 13.2 Å².